The second-order valence-electron chi connectivity index (χ2n) is 6.12. The Morgan fingerprint density at radius 3 is 2.95 bits per heavy atom. The van der Waals surface area contributed by atoms with Crippen LogP contribution in [0.4, 0.5) is 5.69 Å². The average Bonchev–Trinajstić information content (AvgIpc) is 3.18. The van der Waals surface area contributed by atoms with Crippen LogP contribution in [0.5, 0.6) is 0 Å². The molecule has 1 aromatic rings. The van der Waals surface area contributed by atoms with Crippen molar-refractivity contribution >= 4 is 17.5 Å². The third-order valence-electron chi connectivity index (χ3n) is 4.49. The first-order valence-corrected chi connectivity index (χ1v) is 8.09. The van der Waals surface area contributed by atoms with Crippen molar-refractivity contribution in [2.45, 2.75) is 44.7 Å². The number of nitrogens with zero attached hydrogens (tertiary/aromatic N) is 1. The van der Waals surface area contributed by atoms with Crippen molar-refractivity contribution in [3.8, 4) is 0 Å². The molecule has 0 aromatic heterocycles. The SMILES string of the molecule is CC(NC(=O)C1CCCN1)c1cccc(N2CCCC2=O)c1. The van der Waals surface area contributed by atoms with Gasteiger partial charge in [-0.2, -0.15) is 0 Å². The van der Waals surface area contributed by atoms with Crippen LogP contribution in [0.15, 0.2) is 24.3 Å². The van der Waals surface area contributed by atoms with E-state index >= 15 is 0 Å². The van der Waals surface area contributed by atoms with Crippen LogP contribution in [0.2, 0.25) is 0 Å². The van der Waals surface area contributed by atoms with Crippen LogP contribution in [0.3, 0.4) is 0 Å². The van der Waals surface area contributed by atoms with E-state index in [0.29, 0.717) is 6.42 Å². The average molecular weight is 301 g/mol. The topological polar surface area (TPSA) is 61.4 Å². The zero-order valence-electron chi connectivity index (χ0n) is 13.0. The summed E-state index contributed by atoms with van der Waals surface area (Å²) < 4.78 is 0. The zero-order chi connectivity index (χ0) is 15.5. The molecule has 2 N–H and O–H groups in total. The molecule has 2 saturated heterocycles. The van der Waals surface area contributed by atoms with Crippen LogP contribution >= 0.6 is 0 Å². The van der Waals surface area contributed by atoms with E-state index in [9.17, 15) is 9.59 Å². The minimum atomic E-state index is -0.0641. The van der Waals surface area contributed by atoms with Crippen molar-refractivity contribution in [1.82, 2.24) is 10.6 Å². The van der Waals surface area contributed by atoms with Gasteiger partial charge in [0.25, 0.3) is 0 Å². The van der Waals surface area contributed by atoms with Crippen LogP contribution in [-0.2, 0) is 9.59 Å². The molecule has 5 heteroatoms. The van der Waals surface area contributed by atoms with Gasteiger partial charge in [-0.05, 0) is 50.4 Å². The van der Waals surface area contributed by atoms with E-state index in [1.807, 2.05) is 36.1 Å². The number of carbonyl (C=O) groups is 2. The lowest BCUT2D eigenvalue weighted by Crippen LogP contribution is -2.41. The molecule has 2 atom stereocenters. The maximum Gasteiger partial charge on any atom is 0.237 e. The molecule has 0 radical (unpaired) electrons. The lowest BCUT2D eigenvalue weighted by Gasteiger charge is -2.21. The quantitative estimate of drug-likeness (QED) is 0.890. The molecular weight excluding hydrogens is 278 g/mol. The first-order valence-electron chi connectivity index (χ1n) is 8.09. The van der Waals surface area contributed by atoms with Crippen molar-refractivity contribution < 1.29 is 9.59 Å². The molecule has 3 rings (SSSR count). The fraction of sp³-hybridized carbons (Fsp3) is 0.529. The number of amides is 2. The Hall–Kier alpha value is -1.88. The molecule has 0 spiro atoms. The fourth-order valence-electron chi connectivity index (χ4n) is 3.19. The Labute approximate surface area is 131 Å². The summed E-state index contributed by atoms with van der Waals surface area (Å²) in [4.78, 5) is 25.9. The summed E-state index contributed by atoms with van der Waals surface area (Å²) in [6, 6.07) is 7.79. The summed E-state index contributed by atoms with van der Waals surface area (Å²) in [5.41, 5.74) is 1.96. The highest BCUT2D eigenvalue weighted by Crippen LogP contribution is 2.24. The van der Waals surface area contributed by atoms with Gasteiger partial charge in [0.1, 0.15) is 0 Å². The molecule has 0 saturated carbocycles. The summed E-state index contributed by atoms with van der Waals surface area (Å²) in [5.74, 6) is 0.247. The first kappa shape index (κ1) is 15.0. The molecule has 5 nitrogen and oxygen atoms in total. The van der Waals surface area contributed by atoms with Gasteiger partial charge < -0.3 is 15.5 Å². The normalized spacial score (nSPS) is 22.9. The summed E-state index contributed by atoms with van der Waals surface area (Å²) in [7, 11) is 0. The number of nitrogens with one attached hydrogen (secondary N) is 2. The van der Waals surface area contributed by atoms with Gasteiger partial charge in [0.15, 0.2) is 0 Å². The van der Waals surface area contributed by atoms with E-state index in [4.69, 9.17) is 0 Å². The monoisotopic (exact) mass is 301 g/mol. The third-order valence-corrected chi connectivity index (χ3v) is 4.49. The lowest BCUT2D eigenvalue weighted by atomic mass is 10.1. The van der Waals surface area contributed by atoms with E-state index in [2.05, 4.69) is 10.6 Å². The zero-order valence-corrected chi connectivity index (χ0v) is 13.0. The number of rotatable bonds is 4. The maximum atomic E-state index is 12.2. The highest BCUT2D eigenvalue weighted by molar-refractivity contribution is 5.95. The number of benzene rings is 1. The van der Waals surface area contributed by atoms with Crippen LogP contribution in [-0.4, -0.2) is 30.9 Å². The molecule has 2 aliphatic rings. The Morgan fingerprint density at radius 2 is 2.27 bits per heavy atom. The van der Waals surface area contributed by atoms with Crippen molar-refractivity contribution in [1.29, 1.82) is 0 Å². The number of carbonyl (C=O) groups excluding carboxylic acids is 2. The van der Waals surface area contributed by atoms with Gasteiger partial charge >= 0.3 is 0 Å². The summed E-state index contributed by atoms with van der Waals surface area (Å²) >= 11 is 0. The van der Waals surface area contributed by atoms with Gasteiger partial charge in [-0.25, -0.2) is 0 Å². The predicted octanol–water partition coefficient (Wildman–Crippen LogP) is 1.74. The van der Waals surface area contributed by atoms with Crippen LogP contribution in [0.25, 0.3) is 0 Å². The van der Waals surface area contributed by atoms with E-state index in [1.165, 1.54) is 0 Å². The van der Waals surface area contributed by atoms with E-state index in [0.717, 1.165) is 43.6 Å². The van der Waals surface area contributed by atoms with E-state index in [-0.39, 0.29) is 23.9 Å². The molecule has 1 aromatic carbocycles. The van der Waals surface area contributed by atoms with Crippen LogP contribution in [0.1, 0.15) is 44.2 Å². The second kappa shape index (κ2) is 6.48. The van der Waals surface area contributed by atoms with Gasteiger partial charge in [-0.3, -0.25) is 9.59 Å². The second-order valence-corrected chi connectivity index (χ2v) is 6.12. The molecule has 2 amide bonds. The molecule has 0 bridgehead atoms. The van der Waals surface area contributed by atoms with Gasteiger partial charge in [0.2, 0.25) is 11.8 Å². The Bertz CT molecular complexity index is 567. The summed E-state index contributed by atoms with van der Waals surface area (Å²) in [6.07, 6.45) is 3.51. The molecule has 118 valence electrons. The van der Waals surface area contributed by atoms with Gasteiger partial charge in [-0.1, -0.05) is 12.1 Å². The highest BCUT2D eigenvalue weighted by Gasteiger charge is 2.24. The predicted molar refractivity (Wildman–Crippen MR) is 85.6 cm³/mol. The smallest absolute Gasteiger partial charge is 0.237 e. The summed E-state index contributed by atoms with van der Waals surface area (Å²) in [5, 5.41) is 6.27. The number of hydrogen-bond donors (Lipinski definition) is 2. The molecule has 2 fully saturated rings. The van der Waals surface area contributed by atoms with Gasteiger partial charge in [0.05, 0.1) is 12.1 Å². The lowest BCUT2D eigenvalue weighted by molar-refractivity contribution is -0.123. The van der Waals surface area contributed by atoms with Gasteiger partial charge in [0, 0.05) is 18.7 Å². The first-order chi connectivity index (χ1) is 10.6. The Balaban J connectivity index is 1.68. The van der Waals surface area contributed by atoms with Crippen LogP contribution < -0.4 is 15.5 Å². The third kappa shape index (κ3) is 3.14. The number of anilines is 1. The molecule has 2 unspecified atom stereocenters. The summed E-state index contributed by atoms with van der Waals surface area (Å²) in [6.45, 7) is 3.69. The standard InChI is InChI=1S/C17H23N3O2/c1-12(19-17(22)15-7-3-9-18-15)13-5-2-6-14(11-13)20-10-4-8-16(20)21/h2,5-6,11-12,15,18H,3-4,7-10H2,1H3,(H,19,22). The molecule has 0 aliphatic carbocycles. The number of hydrogen-bond acceptors (Lipinski definition) is 3. The molecule has 22 heavy (non-hydrogen) atoms. The van der Waals surface area contributed by atoms with Crippen molar-refractivity contribution in [3.63, 3.8) is 0 Å². The van der Waals surface area contributed by atoms with Crippen molar-refractivity contribution in [3.05, 3.63) is 29.8 Å². The molecule has 2 aliphatic heterocycles. The maximum absolute atomic E-state index is 12.2. The molecular formula is C17H23N3O2. The molecule has 2 heterocycles. The van der Waals surface area contributed by atoms with Crippen molar-refractivity contribution in [2.75, 3.05) is 18.0 Å². The fourth-order valence-corrected chi connectivity index (χ4v) is 3.19. The van der Waals surface area contributed by atoms with Crippen LogP contribution in [0, 0.1) is 0 Å². The minimum Gasteiger partial charge on any atom is -0.348 e. The largest absolute Gasteiger partial charge is 0.348 e. The Kier molecular flexibility index (Phi) is 4.43. The van der Waals surface area contributed by atoms with E-state index in [1.54, 1.807) is 0 Å². The van der Waals surface area contributed by atoms with E-state index < -0.39 is 0 Å². The highest BCUT2D eigenvalue weighted by atomic mass is 16.2. The Morgan fingerprint density at radius 1 is 1.41 bits per heavy atom. The minimum absolute atomic E-state index is 0.0624. The van der Waals surface area contributed by atoms with Gasteiger partial charge in [-0.15, -0.1) is 0 Å². The van der Waals surface area contributed by atoms with Crippen molar-refractivity contribution in [2.24, 2.45) is 0 Å².